The van der Waals surface area contributed by atoms with Gasteiger partial charge in [-0.05, 0) is 19.9 Å². The van der Waals surface area contributed by atoms with Crippen LogP contribution in [0.25, 0.3) is 0 Å². The van der Waals surface area contributed by atoms with Gasteiger partial charge < -0.3 is 14.8 Å². The first kappa shape index (κ1) is 19.4. The Kier molecular flexibility index (Phi) is 6.17. The fourth-order valence-electron chi connectivity index (χ4n) is 2.37. The summed E-state index contributed by atoms with van der Waals surface area (Å²) in [6.45, 7) is 5.82. The Hall–Kier alpha value is -1.94. The molecular weight excluding hydrogens is 341 g/mol. The van der Waals surface area contributed by atoms with Crippen LogP contribution in [-0.2, 0) is 4.74 Å². The molecule has 1 saturated heterocycles. The van der Waals surface area contributed by atoms with Gasteiger partial charge in [-0.15, -0.1) is 10.2 Å². The molecule has 0 aromatic carbocycles. The van der Waals surface area contributed by atoms with Crippen molar-refractivity contribution in [2.24, 2.45) is 0 Å². The van der Waals surface area contributed by atoms with Gasteiger partial charge in [0.25, 0.3) is 5.91 Å². The molecule has 0 unspecified atom stereocenters. The van der Waals surface area contributed by atoms with Crippen LogP contribution in [0.3, 0.4) is 0 Å². The Balaban J connectivity index is 1.79. The first-order valence-electron chi connectivity index (χ1n) is 7.82. The molecule has 1 aliphatic rings. The van der Waals surface area contributed by atoms with Gasteiger partial charge >= 0.3 is 6.18 Å². The maximum Gasteiger partial charge on any atom is 0.422 e. The van der Waals surface area contributed by atoms with Crippen LogP contribution in [0.2, 0.25) is 0 Å². The lowest BCUT2D eigenvalue weighted by atomic mass is 10.0. The molecule has 1 amide bonds. The van der Waals surface area contributed by atoms with Gasteiger partial charge in [-0.25, -0.2) is 0 Å². The summed E-state index contributed by atoms with van der Waals surface area (Å²) in [5.41, 5.74) is -0.0825. The van der Waals surface area contributed by atoms with Crippen LogP contribution in [0, 0.1) is 0 Å². The van der Waals surface area contributed by atoms with Crippen LogP contribution in [0.4, 0.5) is 13.2 Å². The van der Waals surface area contributed by atoms with Crippen LogP contribution < -0.4 is 10.1 Å². The van der Waals surface area contributed by atoms with Gasteiger partial charge in [-0.1, -0.05) is 0 Å². The molecule has 0 spiro atoms. The van der Waals surface area contributed by atoms with Crippen molar-refractivity contribution in [3.8, 4) is 5.88 Å². The van der Waals surface area contributed by atoms with E-state index in [1.54, 1.807) is 0 Å². The summed E-state index contributed by atoms with van der Waals surface area (Å²) in [5.74, 6) is -0.732. The lowest BCUT2D eigenvalue weighted by Gasteiger charge is -2.42. The number of carbonyl (C=O) groups excluding carboxylic acids is 1. The monoisotopic (exact) mass is 362 g/mol. The topological polar surface area (TPSA) is 76.6 Å². The van der Waals surface area contributed by atoms with Crippen molar-refractivity contribution in [3.63, 3.8) is 0 Å². The van der Waals surface area contributed by atoms with Crippen LogP contribution in [-0.4, -0.2) is 72.2 Å². The minimum Gasteiger partial charge on any atom is -0.467 e. The highest BCUT2D eigenvalue weighted by Crippen LogP contribution is 2.18. The maximum absolute atomic E-state index is 12.0. The van der Waals surface area contributed by atoms with Gasteiger partial charge in [-0.3, -0.25) is 9.69 Å². The normalized spacial score (nSPS) is 18.0. The number of carbonyl (C=O) groups is 1. The zero-order chi connectivity index (χ0) is 18.5. The van der Waals surface area contributed by atoms with E-state index in [2.05, 4.69) is 39.0 Å². The third kappa shape index (κ3) is 6.13. The average molecular weight is 362 g/mol. The highest BCUT2D eigenvalue weighted by Gasteiger charge is 2.30. The van der Waals surface area contributed by atoms with E-state index in [0.717, 1.165) is 6.54 Å². The Morgan fingerprint density at radius 3 is 2.76 bits per heavy atom. The van der Waals surface area contributed by atoms with Crippen molar-refractivity contribution >= 4 is 5.91 Å². The van der Waals surface area contributed by atoms with E-state index in [-0.39, 0.29) is 17.1 Å². The number of halogens is 3. The molecule has 2 heterocycles. The van der Waals surface area contributed by atoms with Crippen molar-refractivity contribution < 1.29 is 27.4 Å². The molecule has 1 aromatic rings. The van der Waals surface area contributed by atoms with Gasteiger partial charge in [0.2, 0.25) is 5.88 Å². The van der Waals surface area contributed by atoms with E-state index in [1.807, 2.05) is 0 Å². The first-order chi connectivity index (χ1) is 11.7. The number of ether oxygens (including phenoxy) is 2. The van der Waals surface area contributed by atoms with E-state index in [0.29, 0.717) is 26.3 Å². The fraction of sp³-hybridized carbons (Fsp3) is 0.667. The SMILES string of the molecule is CC1(C)COCCN1CCNC(=O)c1ccc(OCC(F)(F)F)nn1. The Bertz CT molecular complexity index is 578. The molecule has 0 radical (unpaired) electrons. The quantitative estimate of drug-likeness (QED) is 0.821. The second kappa shape index (κ2) is 7.96. The summed E-state index contributed by atoms with van der Waals surface area (Å²) < 4.78 is 46.0. The third-order valence-electron chi connectivity index (χ3n) is 3.74. The van der Waals surface area contributed by atoms with E-state index >= 15 is 0 Å². The number of rotatable bonds is 6. The summed E-state index contributed by atoms with van der Waals surface area (Å²) in [7, 11) is 0. The second-order valence-corrected chi connectivity index (χ2v) is 6.27. The zero-order valence-electron chi connectivity index (χ0n) is 14.1. The lowest BCUT2D eigenvalue weighted by Crippen LogP contribution is -2.54. The fourth-order valence-corrected chi connectivity index (χ4v) is 2.37. The predicted molar refractivity (Wildman–Crippen MR) is 82.4 cm³/mol. The number of alkyl halides is 3. The smallest absolute Gasteiger partial charge is 0.422 e. The van der Waals surface area contributed by atoms with Gasteiger partial charge in [0.05, 0.1) is 13.2 Å². The third-order valence-corrected chi connectivity index (χ3v) is 3.74. The number of hydrogen-bond donors (Lipinski definition) is 1. The summed E-state index contributed by atoms with van der Waals surface area (Å²) in [6.07, 6.45) is -4.45. The molecule has 1 fully saturated rings. The largest absolute Gasteiger partial charge is 0.467 e. The molecule has 0 bridgehead atoms. The molecule has 1 N–H and O–H groups in total. The van der Waals surface area contributed by atoms with Gasteiger partial charge in [0.1, 0.15) is 0 Å². The number of hydrogen-bond acceptors (Lipinski definition) is 6. The summed E-state index contributed by atoms with van der Waals surface area (Å²) >= 11 is 0. The van der Waals surface area contributed by atoms with Crippen molar-refractivity contribution in [2.75, 3.05) is 39.5 Å². The highest BCUT2D eigenvalue weighted by atomic mass is 19.4. The van der Waals surface area contributed by atoms with E-state index in [1.165, 1.54) is 12.1 Å². The maximum atomic E-state index is 12.0. The van der Waals surface area contributed by atoms with Crippen molar-refractivity contribution in [2.45, 2.75) is 25.6 Å². The van der Waals surface area contributed by atoms with Crippen LogP contribution in [0.5, 0.6) is 5.88 Å². The van der Waals surface area contributed by atoms with E-state index < -0.39 is 18.7 Å². The minimum absolute atomic E-state index is 0.0144. The van der Waals surface area contributed by atoms with Crippen molar-refractivity contribution in [3.05, 3.63) is 17.8 Å². The molecule has 10 heteroatoms. The Morgan fingerprint density at radius 2 is 2.16 bits per heavy atom. The second-order valence-electron chi connectivity index (χ2n) is 6.27. The highest BCUT2D eigenvalue weighted by molar-refractivity contribution is 5.92. The molecule has 25 heavy (non-hydrogen) atoms. The van der Waals surface area contributed by atoms with Crippen LogP contribution in [0.15, 0.2) is 12.1 Å². The summed E-state index contributed by atoms with van der Waals surface area (Å²) in [6, 6.07) is 2.45. The van der Waals surface area contributed by atoms with Gasteiger partial charge in [0, 0.05) is 31.2 Å². The Morgan fingerprint density at radius 1 is 1.40 bits per heavy atom. The molecule has 140 valence electrons. The summed E-state index contributed by atoms with van der Waals surface area (Å²) in [5, 5.41) is 9.76. The lowest BCUT2D eigenvalue weighted by molar-refractivity contribution is -0.154. The van der Waals surface area contributed by atoms with Crippen molar-refractivity contribution in [1.82, 2.24) is 20.4 Å². The molecule has 1 aromatic heterocycles. The molecular formula is C15H21F3N4O3. The number of nitrogens with one attached hydrogen (secondary N) is 1. The first-order valence-corrected chi connectivity index (χ1v) is 7.82. The number of nitrogens with zero attached hydrogens (tertiary/aromatic N) is 3. The summed E-state index contributed by atoms with van der Waals surface area (Å²) in [4.78, 5) is 14.2. The van der Waals surface area contributed by atoms with Crippen LogP contribution >= 0.6 is 0 Å². The average Bonchev–Trinajstić information content (AvgIpc) is 2.54. The molecule has 7 nitrogen and oxygen atoms in total. The molecule has 0 atom stereocenters. The minimum atomic E-state index is -4.45. The van der Waals surface area contributed by atoms with Gasteiger partial charge in [0.15, 0.2) is 12.3 Å². The number of morpholine rings is 1. The van der Waals surface area contributed by atoms with E-state index in [4.69, 9.17) is 4.74 Å². The molecule has 2 rings (SSSR count). The molecule has 0 aliphatic carbocycles. The van der Waals surface area contributed by atoms with Crippen LogP contribution in [0.1, 0.15) is 24.3 Å². The molecule has 0 saturated carbocycles. The predicted octanol–water partition coefficient (Wildman–Crippen LogP) is 1.26. The Labute approximate surface area is 143 Å². The zero-order valence-corrected chi connectivity index (χ0v) is 14.1. The van der Waals surface area contributed by atoms with Crippen molar-refractivity contribution in [1.29, 1.82) is 0 Å². The molecule has 1 aliphatic heterocycles. The number of amides is 1. The van der Waals surface area contributed by atoms with Gasteiger partial charge in [-0.2, -0.15) is 13.2 Å². The van der Waals surface area contributed by atoms with E-state index in [9.17, 15) is 18.0 Å². The number of aromatic nitrogens is 2. The standard InChI is InChI=1S/C15H21F3N4O3/c1-14(2)9-24-8-7-22(14)6-5-19-13(23)11-3-4-12(21-20-11)25-10-15(16,17)18/h3-4H,5-10H2,1-2H3,(H,19,23).